The Balaban J connectivity index is 1.79. The molecule has 0 aliphatic rings. The summed E-state index contributed by atoms with van der Waals surface area (Å²) in [6, 6.07) is 16.6. The van der Waals surface area contributed by atoms with Crippen molar-refractivity contribution >= 4 is 11.9 Å². The second-order valence-electron chi connectivity index (χ2n) is 5.07. The molecule has 0 bridgehead atoms. The molecule has 4 heteroatoms. The van der Waals surface area contributed by atoms with Gasteiger partial charge in [-0.05, 0) is 17.7 Å². The molecule has 4 nitrogen and oxygen atoms in total. The summed E-state index contributed by atoms with van der Waals surface area (Å²) in [5.41, 5.74) is 2.32. The van der Waals surface area contributed by atoms with Crippen LogP contribution in [-0.2, 0) is 11.3 Å². The highest BCUT2D eigenvalue weighted by Gasteiger charge is 2.02. The largest absolute Gasteiger partial charge is 0.445 e. The fourth-order valence-electron chi connectivity index (χ4n) is 2.01. The van der Waals surface area contributed by atoms with Gasteiger partial charge in [-0.25, -0.2) is 4.79 Å². The molecule has 0 aliphatic carbocycles. The van der Waals surface area contributed by atoms with E-state index in [0.29, 0.717) is 12.0 Å². The average Bonchev–Trinajstić information content (AvgIpc) is 2.64. The number of ether oxygens (including phenoxy) is 1. The van der Waals surface area contributed by atoms with Crippen LogP contribution in [-0.4, -0.2) is 18.4 Å². The maximum atomic E-state index is 11.7. The maximum Gasteiger partial charge on any atom is 0.408 e. The molecule has 0 aliphatic heterocycles. The number of carbonyl (C=O) groups is 2. The quantitative estimate of drug-likeness (QED) is 0.677. The van der Waals surface area contributed by atoms with Gasteiger partial charge in [-0.1, -0.05) is 61.2 Å². The fraction of sp³-hybridized carbons (Fsp3) is 0.200. The van der Waals surface area contributed by atoms with Gasteiger partial charge in [0, 0.05) is 17.5 Å². The van der Waals surface area contributed by atoms with E-state index in [-0.39, 0.29) is 18.9 Å². The second kappa shape index (κ2) is 9.16. The van der Waals surface area contributed by atoms with Crippen LogP contribution >= 0.6 is 0 Å². The van der Waals surface area contributed by atoms with Crippen LogP contribution in [0.1, 0.15) is 34.8 Å². The Kier molecular flexibility index (Phi) is 6.60. The van der Waals surface area contributed by atoms with Crippen LogP contribution in [0.5, 0.6) is 0 Å². The van der Waals surface area contributed by atoms with Gasteiger partial charge < -0.3 is 10.1 Å². The van der Waals surface area contributed by atoms with Crippen molar-refractivity contribution in [2.24, 2.45) is 0 Å². The van der Waals surface area contributed by atoms with Gasteiger partial charge in [0.05, 0.1) is 6.54 Å². The summed E-state index contributed by atoms with van der Waals surface area (Å²) in [4.78, 5) is 23.2. The number of nitrogens with one attached hydrogen (secondary N) is 1. The molecule has 1 amide bonds. The number of rotatable bonds is 5. The number of alkyl carbamates (subject to hydrolysis) is 1. The van der Waals surface area contributed by atoms with Gasteiger partial charge in [0.15, 0.2) is 5.78 Å². The highest BCUT2D eigenvalue weighted by Crippen LogP contribution is 2.06. The van der Waals surface area contributed by atoms with Crippen molar-refractivity contribution in [1.29, 1.82) is 0 Å². The summed E-state index contributed by atoms with van der Waals surface area (Å²) in [7, 11) is 0. The van der Waals surface area contributed by atoms with Crippen molar-refractivity contribution in [2.75, 3.05) is 6.54 Å². The number of hydrogen-bond donors (Lipinski definition) is 1. The van der Waals surface area contributed by atoms with Crippen LogP contribution in [0.2, 0.25) is 0 Å². The van der Waals surface area contributed by atoms with Crippen LogP contribution in [0, 0.1) is 11.8 Å². The average molecular weight is 321 g/mol. The van der Waals surface area contributed by atoms with Crippen LogP contribution in [0.25, 0.3) is 0 Å². The Labute approximate surface area is 141 Å². The minimum absolute atomic E-state index is 0.0845. The molecule has 2 rings (SSSR count). The predicted molar refractivity (Wildman–Crippen MR) is 92.6 cm³/mol. The lowest BCUT2D eigenvalue weighted by molar-refractivity contribution is 0.0988. The summed E-state index contributed by atoms with van der Waals surface area (Å²) in [5, 5.41) is 2.57. The first kappa shape index (κ1) is 17.3. The molecule has 0 unspecified atom stereocenters. The molecule has 0 heterocycles. The van der Waals surface area contributed by atoms with E-state index in [4.69, 9.17) is 4.74 Å². The first-order valence-corrected chi connectivity index (χ1v) is 7.75. The van der Waals surface area contributed by atoms with Gasteiger partial charge in [-0.3, -0.25) is 4.79 Å². The summed E-state index contributed by atoms with van der Waals surface area (Å²) < 4.78 is 5.08. The molecule has 0 atom stereocenters. The molecule has 2 aromatic rings. The third kappa shape index (κ3) is 5.62. The van der Waals surface area contributed by atoms with E-state index >= 15 is 0 Å². The Hall–Kier alpha value is -3.06. The Bertz CT molecular complexity index is 757. The lowest BCUT2D eigenvalue weighted by Gasteiger charge is -2.04. The van der Waals surface area contributed by atoms with Gasteiger partial charge in [-0.15, -0.1) is 0 Å². The summed E-state index contributed by atoms with van der Waals surface area (Å²) in [5.74, 6) is 5.85. The van der Waals surface area contributed by atoms with E-state index in [1.54, 1.807) is 18.2 Å². The number of amides is 1. The lowest BCUT2D eigenvalue weighted by atomic mass is 10.1. The Morgan fingerprint density at radius 1 is 1.08 bits per heavy atom. The summed E-state index contributed by atoms with van der Waals surface area (Å²) >= 11 is 0. The number of ketones is 1. The van der Waals surface area contributed by atoms with E-state index < -0.39 is 6.09 Å². The van der Waals surface area contributed by atoms with Gasteiger partial charge in [0.1, 0.15) is 6.61 Å². The molecular weight excluding hydrogens is 302 g/mol. The molecule has 0 spiro atoms. The zero-order valence-electron chi connectivity index (χ0n) is 13.5. The van der Waals surface area contributed by atoms with Gasteiger partial charge in [-0.2, -0.15) is 0 Å². The highest BCUT2D eigenvalue weighted by atomic mass is 16.5. The van der Waals surface area contributed by atoms with E-state index in [1.165, 1.54) is 0 Å². The second-order valence-corrected chi connectivity index (χ2v) is 5.07. The molecular formula is C20H19NO3. The van der Waals surface area contributed by atoms with E-state index in [1.807, 2.05) is 43.3 Å². The number of Topliss-reactive ketones (excluding diaryl/α,β-unsaturated/α-hetero) is 1. The van der Waals surface area contributed by atoms with Crippen LogP contribution < -0.4 is 5.32 Å². The molecule has 0 aromatic heterocycles. The molecule has 0 saturated carbocycles. The maximum absolute atomic E-state index is 11.7. The Morgan fingerprint density at radius 2 is 1.88 bits per heavy atom. The third-order valence-corrected chi connectivity index (χ3v) is 3.27. The van der Waals surface area contributed by atoms with E-state index in [2.05, 4.69) is 17.2 Å². The monoisotopic (exact) mass is 321 g/mol. The molecule has 24 heavy (non-hydrogen) atoms. The number of benzene rings is 2. The SMILES string of the molecule is CCC(=O)c1cccc(C#CCNC(=O)OCc2ccccc2)c1. The molecule has 122 valence electrons. The fourth-order valence-corrected chi connectivity index (χ4v) is 2.01. The first-order valence-electron chi connectivity index (χ1n) is 7.75. The summed E-state index contributed by atoms with van der Waals surface area (Å²) in [6.45, 7) is 2.23. The minimum atomic E-state index is -0.511. The summed E-state index contributed by atoms with van der Waals surface area (Å²) in [6.07, 6.45) is -0.0471. The van der Waals surface area contributed by atoms with E-state index in [9.17, 15) is 9.59 Å². The topological polar surface area (TPSA) is 55.4 Å². The minimum Gasteiger partial charge on any atom is -0.445 e. The third-order valence-electron chi connectivity index (χ3n) is 3.27. The van der Waals surface area contributed by atoms with E-state index in [0.717, 1.165) is 11.1 Å². The van der Waals surface area contributed by atoms with Gasteiger partial charge in [0.25, 0.3) is 0 Å². The van der Waals surface area contributed by atoms with Crippen molar-refractivity contribution < 1.29 is 14.3 Å². The molecule has 0 radical (unpaired) electrons. The van der Waals surface area contributed by atoms with Gasteiger partial charge in [0.2, 0.25) is 0 Å². The molecule has 2 aromatic carbocycles. The van der Waals surface area contributed by atoms with Crippen LogP contribution in [0.15, 0.2) is 54.6 Å². The van der Waals surface area contributed by atoms with Crippen molar-refractivity contribution in [1.82, 2.24) is 5.32 Å². The smallest absolute Gasteiger partial charge is 0.408 e. The highest BCUT2D eigenvalue weighted by molar-refractivity contribution is 5.96. The van der Waals surface area contributed by atoms with Crippen molar-refractivity contribution in [3.8, 4) is 11.8 Å². The molecule has 1 N–H and O–H groups in total. The standard InChI is InChI=1S/C20H19NO3/c1-2-19(22)18-12-6-10-16(14-18)11-7-13-21-20(23)24-15-17-8-4-3-5-9-17/h3-6,8-10,12,14H,2,13,15H2,1H3,(H,21,23). The normalized spacial score (nSPS) is 9.54. The molecule has 0 fully saturated rings. The number of carbonyl (C=O) groups excluding carboxylic acids is 2. The zero-order chi connectivity index (χ0) is 17.2. The van der Waals surface area contributed by atoms with Crippen molar-refractivity contribution in [2.45, 2.75) is 20.0 Å². The predicted octanol–water partition coefficient (Wildman–Crippen LogP) is 3.56. The zero-order valence-corrected chi connectivity index (χ0v) is 13.5. The van der Waals surface area contributed by atoms with Gasteiger partial charge >= 0.3 is 6.09 Å². The molecule has 0 saturated heterocycles. The van der Waals surface area contributed by atoms with Crippen molar-refractivity contribution in [3.05, 3.63) is 71.3 Å². The number of hydrogen-bond acceptors (Lipinski definition) is 3. The first-order chi connectivity index (χ1) is 11.7. The van der Waals surface area contributed by atoms with Crippen LogP contribution in [0.3, 0.4) is 0 Å². The van der Waals surface area contributed by atoms with Crippen LogP contribution in [0.4, 0.5) is 4.79 Å². The Morgan fingerprint density at radius 3 is 2.62 bits per heavy atom. The van der Waals surface area contributed by atoms with Crippen molar-refractivity contribution in [3.63, 3.8) is 0 Å². The lowest BCUT2D eigenvalue weighted by Crippen LogP contribution is -2.24.